The quantitative estimate of drug-likeness (QED) is 0.517. The summed E-state index contributed by atoms with van der Waals surface area (Å²) in [6.45, 7) is 5.73. The highest BCUT2D eigenvalue weighted by Gasteiger charge is 2.26. The van der Waals surface area contributed by atoms with Gasteiger partial charge in [0.1, 0.15) is 5.82 Å². The monoisotopic (exact) mass is 399 g/mol. The summed E-state index contributed by atoms with van der Waals surface area (Å²) in [6.07, 6.45) is 0. The summed E-state index contributed by atoms with van der Waals surface area (Å²) in [5.74, 6) is -0.874. The Morgan fingerprint density at radius 2 is 1.93 bits per heavy atom. The Bertz CT molecular complexity index is 1090. The van der Waals surface area contributed by atoms with E-state index in [1.807, 2.05) is 32.9 Å². The molecule has 3 rings (SSSR count). The number of aromatic nitrogens is 2. The second kappa shape index (κ2) is 8.14. The molecule has 1 amide bonds. The van der Waals surface area contributed by atoms with Gasteiger partial charge in [0.15, 0.2) is 5.16 Å². The van der Waals surface area contributed by atoms with E-state index in [-0.39, 0.29) is 23.1 Å². The standard InChI is InChI=1S/C21H22FN3O2S/c1-12(2)18(19(26)23-17-8-6-5-7-15(17)22)28-21-24-16-10-9-13(3)11-14(16)20(27)25(21)4/h5-12,18H,1-4H3,(H,23,26). The van der Waals surface area contributed by atoms with Gasteiger partial charge >= 0.3 is 0 Å². The molecule has 1 atom stereocenters. The first kappa shape index (κ1) is 20.1. The number of nitrogens with zero attached hydrogens (tertiary/aromatic N) is 2. The van der Waals surface area contributed by atoms with E-state index in [9.17, 15) is 14.0 Å². The maximum Gasteiger partial charge on any atom is 0.261 e. The van der Waals surface area contributed by atoms with Crippen LogP contribution in [0, 0.1) is 18.7 Å². The summed E-state index contributed by atoms with van der Waals surface area (Å²) >= 11 is 1.21. The molecule has 2 aromatic carbocycles. The first-order valence-corrected chi connectivity index (χ1v) is 9.85. The molecule has 146 valence electrons. The number of amides is 1. The summed E-state index contributed by atoms with van der Waals surface area (Å²) in [7, 11) is 1.64. The van der Waals surface area contributed by atoms with E-state index in [1.165, 1.54) is 28.5 Å². The maximum atomic E-state index is 13.9. The van der Waals surface area contributed by atoms with Gasteiger partial charge in [-0.1, -0.05) is 49.4 Å². The molecule has 1 N–H and O–H groups in total. The van der Waals surface area contributed by atoms with Crippen molar-refractivity contribution in [3.05, 3.63) is 64.2 Å². The van der Waals surface area contributed by atoms with Crippen molar-refractivity contribution in [1.82, 2.24) is 9.55 Å². The molecular formula is C21H22FN3O2S. The number of carbonyl (C=O) groups is 1. The lowest BCUT2D eigenvalue weighted by Gasteiger charge is -2.20. The molecule has 0 radical (unpaired) electrons. The van der Waals surface area contributed by atoms with E-state index in [0.29, 0.717) is 16.1 Å². The number of fused-ring (bicyclic) bond motifs is 1. The average molecular weight is 399 g/mol. The van der Waals surface area contributed by atoms with Crippen molar-refractivity contribution in [3.8, 4) is 0 Å². The zero-order valence-electron chi connectivity index (χ0n) is 16.2. The van der Waals surface area contributed by atoms with Gasteiger partial charge in [0.05, 0.1) is 21.8 Å². The van der Waals surface area contributed by atoms with Gasteiger partial charge in [-0.25, -0.2) is 9.37 Å². The molecule has 0 aliphatic rings. The average Bonchev–Trinajstić information content (AvgIpc) is 2.65. The highest BCUT2D eigenvalue weighted by Crippen LogP contribution is 2.28. The molecule has 7 heteroatoms. The third-order valence-electron chi connectivity index (χ3n) is 4.42. The highest BCUT2D eigenvalue weighted by molar-refractivity contribution is 8.00. The molecular weight excluding hydrogens is 377 g/mol. The van der Waals surface area contributed by atoms with Crippen molar-refractivity contribution >= 4 is 34.3 Å². The molecule has 0 fully saturated rings. The Morgan fingerprint density at radius 1 is 1.21 bits per heavy atom. The molecule has 3 aromatic rings. The fourth-order valence-electron chi connectivity index (χ4n) is 2.84. The lowest BCUT2D eigenvalue weighted by atomic mass is 10.1. The van der Waals surface area contributed by atoms with Crippen LogP contribution in [-0.4, -0.2) is 20.7 Å². The summed E-state index contributed by atoms with van der Waals surface area (Å²) in [5, 5.41) is 3.09. The maximum absolute atomic E-state index is 13.9. The topological polar surface area (TPSA) is 64.0 Å². The summed E-state index contributed by atoms with van der Waals surface area (Å²) in [5.41, 5.74) is 1.55. The van der Waals surface area contributed by atoms with Crippen LogP contribution < -0.4 is 10.9 Å². The van der Waals surface area contributed by atoms with Gasteiger partial charge in [-0.05, 0) is 37.1 Å². The number of halogens is 1. The Labute approximate surface area is 167 Å². The van der Waals surface area contributed by atoms with Crippen LogP contribution in [0.3, 0.4) is 0 Å². The fraction of sp³-hybridized carbons (Fsp3) is 0.286. The molecule has 0 aliphatic carbocycles. The molecule has 0 bridgehead atoms. The largest absolute Gasteiger partial charge is 0.323 e. The van der Waals surface area contributed by atoms with Crippen LogP contribution in [-0.2, 0) is 11.8 Å². The number of benzene rings is 2. The normalized spacial score (nSPS) is 12.4. The molecule has 1 unspecified atom stereocenters. The Balaban J connectivity index is 1.93. The molecule has 1 heterocycles. The van der Waals surface area contributed by atoms with E-state index in [2.05, 4.69) is 10.3 Å². The van der Waals surface area contributed by atoms with Crippen LogP contribution in [0.1, 0.15) is 19.4 Å². The summed E-state index contributed by atoms with van der Waals surface area (Å²) < 4.78 is 15.3. The molecule has 0 spiro atoms. The molecule has 5 nitrogen and oxygen atoms in total. The van der Waals surface area contributed by atoms with Crippen LogP contribution in [0.5, 0.6) is 0 Å². The van der Waals surface area contributed by atoms with Crippen LogP contribution in [0.4, 0.5) is 10.1 Å². The third kappa shape index (κ3) is 4.09. The van der Waals surface area contributed by atoms with Crippen molar-refractivity contribution in [2.75, 3.05) is 5.32 Å². The van der Waals surface area contributed by atoms with E-state index in [1.54, 1.807) is 25.2 Å². The lowest BCUT2D eigenvalue weighted by molar-refractivity contribution is -0.116. The van der Waals surface area contributed by atoms with Crippen LogP contribution in [0.15, 0.2) is 52.4 Å². The van der Waals surface area contributed by atoms with Crippen LogP contribution >= 0.6 is 11.8 Å². The Hall–Kier alpha value is -2.67. The summed E-state index contributed by atoms with van der Waals surface area (Å²) in [4.78, 5) is 30.1. The first-order valence-electron chi connectivity index (χ1n) is 8.97. The van der Waals surface area contributed by atoms with Gasteiger partial charge in [-0.15, -0.1) is 0 Å². The van der Waals surface area contributed by atoms with Crippen molar-refractivity contribution < 1.29 is 9.18 Å². The third-order valence-corrected chi connectivity index (χ3v) is 6.01. The van der Waals surface area contributed by atoms with Gasteiger partial charge in [-0.3, -0.25) is 14.2 Å². The van der Waals surface area contributed by atoms with Crippen molar-refractivity contribution in [2.45, 2.75) is 31.2 Å². The van der Waals surface area contributed by atoms with Gasteiger partial charge in [-0.2, -0.15) is 0 Å². The van der Waals surface area contributed by atoms with Gasteiger partial charge in [0.2, 0.25) is 5.91 Å². The summed E-state index contributed by atoms with van der Waals surface area (Å²) in [6, 6.07) is 11.5. The second-order valence-electron chi connectivity index (χ2n) is 7.03. The van der Waals surface area contributed by atoms with Crippen LogP contribution in [0.25, 0.3) is 10.9 Å². The predicted octanol–water partition coefficient (Wildman–Crippen LogP) is 4.14. The second-order valence-corrected chi connectivity index (χ2v) is 8.14. The number of hydrogen-bond acceptors (Lipinski definition) is 4. The van der Waals surface area contributed by atoms with E-state index < -0.39 is 11.1 Å². The number of para-hydroxylation sites is 1. The van der Waals surface area contributed by atoms with Gasteiger partial charge < -0.3 is 5.32 Å². The van der Waals surface area contributed by atoms with Gasteiger partial charge in [0, 0.05) is 7.05 Å². The fourth-order valence-corrected chi connectivity index (χ4v) is 3.90. The predicted molar refractivity (Wildman–Crippen MR) is 111 cm³/mol. The highest BCUT2D eigenvalue weighted by atomic mass is 32.2. The van der Waals surface area contributed by atoms with E-state index in [4.69, 9.17) is 0 Å². The van der Waals surface area contributed by atoms with Crippen LogP contribution in [0.2, 0.25) is 0 Å². The Morgan fingerprint density at radius 3 is 2.61 bits per heavy atom. The number of nitrogens with one attached hydrogen (secondary N) is 1. The Kier molecular flexibility index (Phi) is 5.84. The molecule has 1 aromatic heterocycles. The smallest absolute Gasteiger partial charge is 0.261 e. The van der Waals surface area contributed by atoms with Gasteiger partial charge in [0.25, 0.3) is 5.56 Å². The first-order chi connectivity index (χ1) is 13.3. The molecule has 0 aliphatic heterocycles. The van der Waals surface area contributed by atoms with E-state index in [0.717, 1.165) is 5.56 Å². The van der Waals surface area contributed by atoms with Crippen molar-refractivity contribution in [3.63, 3.8) is 0 Å². The number of anilines is 1. The number of rotatable bonds is 5. The number of thioether (sulfide) groups is 1. The minimum Gasteiger partial charge on any atom is -0.323 e. The number of hydrogen-bond donors (Lipinski definition) is 1. The molecule has 0 saturated carbocycles. The molecule has 0 saturated heterocycles. The van der Waals surface area contributed by atoms with Crippen molar-refractivity contribution in [2.24, 2.45) is 13.0 Å². The minimum atomic E-state index is -0.541. The molecule has 28 heavy (non-hydrogen) atoms. The lowest BCUT2D eigenvalue weighted by Crippen LogP contribution is -2.31. The minimum absolute atomic E-state index is 0.0533. The number of aryl methyl sites for hydroxylation is 1. The zero-order valence-corrected chi connectivity index (χ0v) is 17.0. The number of carbonyl (C=O) groups excluding carboxylic acids is 1. The zero-order chi connectivity index (χ0) is 20.4. The SMILES string of the molecule is Cc1ccc2nc(SC(C(=O)Nc3ccccc3F)C(C)C)n(C)c(=O)c2c1. The van der Waals surface area contributed by atoms with Crippen molar-refractivity contribution in [1.29, 1.82) is 0 Å². The van der Waals surface area contributed by atoms with E-state index >= 15 is 0 Å².